The lowest BCUT2D eigenvalue weighted by Crippen LogP contribution is -2.52. The number of ether oxygens (including phenoxy) is 1. The van der Waals surface area contributed by atoms with Gasteiger partial charge in [0.1, 0.15) is 5.75 Å². The first-order valence-corrected chi connectivity index (χ1v) is 11.7. The van der Waals surface area contributed by atoms with Gasteiger partial charge in [-0.1, -0.05) is 18.2 Å². The van der Waals surface area contributed by atoms with E-state index in [1.165, 1.54) is 0 Å². The lowest BCUT2D eigenvalue weighted by molar-refractivity contribution is -0.121. The molecule has 0 aliphatic carbocycles. The van der Waals surface area contributed by atoms with Gasteiger partial charge in [0.15, 0.2) is 0 Å². The van der Waals surface area contributed by atoms with Crippen LogP contribution in [0.3, 0.4) is 0 Å². The second-order valence-electron chi connectivity index (χ2n) is 8.53. The molecule has 1 aromatic heterocycles. The van der Waals surface area contributed by atoms with Crippen LogP contribution in [-0.2, 0) is 11.3 Å². The fourth-order valence-electron chi connectivity index (χ4n) is 4.09. The second-order valence-corrected chi connectivity index (χ2v) is 8.53. The summed E-state index contributed by atoms with van der Waals surface area (Å²) < 4.78 is 5.28. The van der Waals surface area contributed by atoms with Crippen molar-refractivity contribution in [2.24, 2.45) is 0 Å². The number of benzene rings is 2. The number of aromatic nitrogens is 1. The zero-order valence-corrected chi connectivity index (χ0v) is 20.1. The van der Waals surface area contributed by atoms with Crippen LogP contribution < -0.4 is 15.4 Å². The molecule has 0 saturated carbocycles. The van der Waals surface area contributed by atoms with Gasteiger partial charge in [-0.15, -0.1) is 0 Å². The third-order valence-electron chi connectivity index (χ3n) is 6.22. The molecule has 8 heteroatoms. The molecule has 182 valence electrons. The monoisotopic (exact) mass is 473 g/mol. The Labute approximate surface area is 205 Å². The van der Waals surface area contributed by atoms with E-state index in [1.54, 1.807) is 43.5 Å². The van der Waals surface area contributed by atoms with E-state index in [9.17, 15) is 9.59 Å². The number of nitrogens with one attached hydrogen (secondary N) is 2. The molecule has 0 spiro atoms. The Morgan fingerprint density at radius 1 is 0.943 bits per heavy atom. The smallest absolute Gasteiger partial charge is 0.255 e. The highest BCUT2D eigenvalue weighted by Gasteiger charge is 2.25. The molecule has 4 rings (SSSR count). The number of hydrogen-bond acceptors (Lipinski definition) is 6. The molecule has 0 radical (unpaired) electrons. The first-order valence-electron chi connectivity index (χ1n) is 11.7. The number of methoxy groups -OCH3 is 1. The predicted molar refractivity (Wildman–Crippen MR) is 137 cm³/mol. The molecule has 2 aromatic carbocycles. The van der Waals surface area contributed by atoms with Crippen molar-refractivity contribution in [2.75, 3.05) is 43.9 Å². The second kappa shape index (κ2) is 11.6. The van der Waals surface area contributed by atoms with Crippen LogP contribution in [0.5, 0.6) is 5.75 Å². The van der Waals surface area contributed by atoms with Gasteiger partial charge in [0.25, 0.3) is 5.91 Å². The Kier molecular flexibility index (Phi) is 8.07. The molecule has 3 aromatic rings. The van der Waals surface area contributed by atoms with Crippen LogP contribution in [0.2, 0.25) is 0 Å². The Morgan fingerprint density at radius 2 is 1.66 bits per heavy atom. The number of piperazine rings is 1. The minimum atomic E-state index is -0.250. The minimum absolute atomic E-state index is 0.0607. The van der Waals surface area contributed by atoms with Crippen LogP contribution in [0, 0.1) is 0 Å². The number of hydrogen-bond donors (Lipinski definition) is 2. The lowest BCUT2D eigenvalue weighted by atomic mass is 10.1. The molecule has 1 atom stereocenters. The van der Waals surface area contributed by atoms with Gasteiger partial charge >= 0.3 is 0 Å². The Morgan fingerprint density at radius 3 is 2.34 bits per heavy atom. The van der Waals surface area contributed by atoms with Gasteiger partial charge in [-0.3, -0.25) is 24.4 Å². The molecule has 35 heavy (non-hydrogen) atoms. The van der Waals surface area contributed by atoms with Crippen molar-refractivity contribution < 1.29 is 14.3 Å². The Bertz CT molecular complexity index is 1130. The highest BCUT2D eigenvalue weighted by Crippen LogP contribution is 2.24. The van der Waals surface area contributed by atoms with Gasteiger partial charge in [0, 0.05) is 50.2 Å². The predicted octanol–water partition coefficient (Wildman–Crippen LogP) is 3.49. The van der Waals surface area contributed by atoms with Crippen molar-refractivity contribution in [1.82, 2.24) is 14.8 Å². The summed E-state index contributed by atoms with van der Waals surface area (Å²) >= 11 is 0. The van der Waals surface area contributed by atoms with Gasteiger partial charge in [-0.05, 0) is 55.5 Å². The van der Waals surface area contributed by atoms with Gasteiger partial charge in [-0.2, -0.15) is 0 Å². The Balaban J connectivity index is 1.27. The normalized spacial score (nSPS) is 15.3. The zero-order chi connectivity index (χ0) is 24.6. The topological polar surface area (TPSA) is 86.8 Å². The molecule has 2 heterocycles. The van der Waals surface area contributed by atoms with Crippen LogP contribution in [0.1, 0.15) is 23.0 Å². The van der Waals surface area contributed by atoms with Crippen molar-refractivity contribution in [3.63, 3.8) is 0 Å². The van der Waals surface area contributed by atoms with Crippen LogP contribution in [0.15, 0.2) is 72.9 Å². The molecule has 8 nitrogen and oxygen atoms in total. The molecule has 1 aliphatic heterocycles. The average Bonchev–Trinajstić information content (AvgIpc) is 2.90. The zero-order valence-electron chi connectivity index (χ0n) is 20.1. The van der Waals surface area contributed by atoms with E-state index in [1.807, 2.05) is 43.5 Å². The molecular weight excluding hydrogens is 442 g/mol. The van der Waals surface area contributed by atoms with E-state index in [4.69, 9.17) is 4.74 Å². The third-order valence-corrected chi connectivity index (χ3v) is 6.22. The summed E-state index contributed by atoms with van der Waals surface area (Å²) in [7, 11) is 1.56. The first-order chi connectivity index (χ1) is 17.0. The Hall–Kier alpha value is -3.75. The lowest BCUT2D eigenvalue weighted by Gasteiger charge is -2.37. The van der Waals surface area contributed by atoms with E-state index < -0.39 is 0 Å². The van der Waals surface area contributed by atoms with E-state index >= 15 is 0 Å². The van der Waals surface area contributed by atoms with Gasteiger partial charge in [-0.25, -0.2) is 0 Å². The fraction of sp³-hybridized carbons (Fsp3) is 0.296. The summed E-state index contributed by atoms with van der Waals surface area (Å²) in [5, 5.41) is 5.82. The van der Waals surface area contributed by atoms with E-state index in [0.29, 0.717) is 22.7 Å². The summed E-state index contributed by atoms with van der Waals surface area (Å²) in [5.74, 6) is 0.287. The number of rotatable bonds is 8. The maximum absolute atomic E-state index is 12.8. The maximum atomic E-state index is 12.8. The van der Waals surface area contributed by atoms with Crippen LogP contribution in [0.4, 0.5) is 11.4 Å². The molecule has 1 aliphatic rings. The number of carbonyl (C=O) groups is 2. The standard InChI is InChI=1S/C27H31N5O3/c1-20(32-17-15-31(16-18-32)19-23-7-5-6-14-28-23)26(33)29-22-12-10-21(11-13-22)27(34)30-24-8-3-4-9-25(24)35-2/h3-14,20H,15-19H2,1-2H3,(H,29,33)(H,30,34). The van der Waals surface area contributed by atoms with Crippen LogP contribution in [0.25, 0.3) is 0 Å². The average molecular weight is 474 g/mol. The number of para-hydroxylation sites is 2. The summed E-state index contributed by atoms with van der Waals surface area (Å²) in [6.45, 7) is 6.19. The highest BCUT2D eigenvalue weighted by atomic mass is 16.5. The fourth-order valence-corrected chi connectivity index (χ4v) is 4.09. The largest absolute Gasteiger partial charge is 0.495 e. The number of amides is 2. The first kappa shape index (κ1) is 24.4. The SMILES string of the molecule is COc1ccccc1NC(=O)c1ccc(NC(=O)C(C)N2CCN(Cc3ccccn3)CC2)cc1. The molecule has 2 amide bonds. The van der Waals surface area contributed by atoms with Crippen molar-refractivity contribution in [2.45, 2.75) is 19.5 Å². The van der Waals surface area contributed by atoms with Gasteiger partial charge in [0.2, 0.25) is 5.91 Å². The summed E-state index contributed by atoms with van der Waals surface area (Å²) in [4.78, 5) is 34.4. The number of nitrogens with zero attached hydrogens (tertiary/aromatic N) is 3. The molecular formula is C27H31N5O3. The van der Waals surface area contributed by atoms with E-state index in [-0.39, 0.29) is 17.9 Å². The number of anilines is 2. The molecule has 1 saturated heterocycles. The molecule has 1 fully saturated rings. The van der Waals surface area contributed by atoms with Crippen LogP contribution in [-0.4, -0.2) is 65.9 Å². The summed E-state index contributed by atoms with van der Waals surface area (Å²) in [6.07, 6.45) is 1.82. The van der Waals surface area contributed by atoms with E-state index in [0.717, 1.165) is 38.4 Å². The third kappa shape index (κ3) is 6.44. The number of carbonyl (C=O) groups excluding carboxylic acids is 2. The van der Waals surface area contributed by atoms with Crippen molar-refractivity contribution in [3.8, 4) is 5.75 Å². The minimum Gasteiger partial charge on any atom is -0.495 e. The summed E-state index contributed by atoms with van der Waals surface area (Å²) in [5.41, 5.74) is 2.81. The number of pyridine rings is 1. The van der Waals surface area contributed by atoms with Crippen molar-refractivity contribution >= 4 is 23.2 Å². The van der Waals surface area contributed by atoms with Gasteiger partial charge < -0.3 is 15.4 Å². The molecule has 0 bridgehead atoms. The maximum Gasteiger partial charge on any atom is 0.255 e. The van der Waals surface area contributed by atoms with Gasteiger partial charge in [0.05, 0.1) is 24.5 Å². The van der Waals surface area contributed by atoms with Crippen LogP contribution >= 0.6 is 0 Å². The highest BCUT2D eigenvalue weighted by molar-refractivity contribution is 6.05. The van der Waals surface area contributed by atoms with Crippen molar-refractivity contribution in [3.05, 3.63) is 84.2 Å². The molecule has 2 N–H and O–H groups in total. The summed E-state index contributed by atoms with van der Waals surface area (Å²) in [6, 6.07) is 19.8. The van der Waals surface area contributed by atoms with E-state index in [2.05, 4.69) is 25.4 Å². The van der Waals surface area contributed by atoms with Crippen molar-refractivity contribution in [1.29, 1.82) is 0 Å². The molecule has 1 unspecified atom stereocenters. The quantitative estimate of drug-likeness (QED) is 0.521.